The molecule has 2 aliphatic rings. The Morgan fingerprint density at radius 2 is 1.82 bits per heavy atom. The molecule has 2 fully saturated rings. The normalized spacial score (nSPS) is 17.8. The molecule has 0 saturated carbocycles. The van der Waals surface area contributed by atoms with Gasteiger partial charge >= 0.3 is 0 Å². The molecule has 1 atom stereocenters. The summed E-state index contributed by atoms with van der Waals surface area (Å²) in [4.78, 5) is 13.3. The maximum atomic E-state index is 15.6. The van der Waals surface area contributed by atoms with Gasteiger partial charge in [-0.2, -0.15) is 0 Å². The number of hydrogen-bond acceptors (Lipinski definition) is 7. The molecule has 38 heavy (non-hydrogen) atoms. The number of nitrogen functional groups attached to an aromatic ring is 1. The van der Waals surface area contributed by atoms with Gasteiger partial charge in [-0.15, -0.1) is 0 Å². The first kappa shape index (κ1) is 26.7. The monoisotopic (exact) mass is 556 g/mol. The zero-order valence-electron chi connectivity index (χ0n) is 21.5. The van der Waals surface area contributed by atoms with Crippen LogP contribution in [0.15, 0.2) is 42.9 Å². The van der Waals surface area contributed by atoms with Gasteiger partial charge in [-0.05, 0) is 57.1 Å². The highest BCUT2D eigenvalue weighted by Crippen LogP contribution is 2.37. The first-order valence-electron chi connectivity index (χ1n) is 12.7. The van der Waals surface area contributed by atoms with Crippen molar-refractivity contribution in [2.24, 2.45) is 5.41 Å². The Labute approximate surface area is 232 Å². The van der Waals surface area contributed by atoms with Crippen LogP contribution in [-0.2, 0) is 0 Å². The minimum Gasteiger partial charge on any atom is -0.483 e. The molecular formula is C28H31Cl2FN6O. The largest absolute Gasteiger partial charge is 0.483 e. The summed E-state index contributed by atoms with van der Waals surface area (Å²) in [6.45, 7) is 9.42. The standard InChI is InChI=1S/C28H31Cl2FN6O/c1-17(24-19(29)12-34-13-20(24)30)38-22-7-6-21(32)25(26(22)31)27(33)18-5-8-23(35-11-18)37-15-28(2,16-37)14-36-9-3-4-10-36/h5-8,11-13,17,33H,3-4,9-10,14-16,32H2,1-2H3/t17-/m1/s1. The number of anilines is 2. The minimum absolute atomic E-state index is 0.0432. The van der Waals surface area contributed by atoms with Gasteiger partial charge in [0.25, 0.3) is 0 Å². The van der Waals surface area contributed by atoms with Crippen LogP contribution in [0.4, 0.5) is 15.9 Å². The van der Waals surface area contributed by atoms with Gasteiger partial charge in [0.05, 0.1) is 21.3 Å². The molecule has 3 N–H and O–H groups in total. The molecule has 7 nitrogen and oxygen atoms in total. The van der Waals surface area contributed by atoms with Crippen LogP contribution >= 0.6 is 23.2 Å². The van der Waals surface area contributed by atoms with Crippen LogP contribution in [0.5, 0.6) is 5.75 Å². The molecule has 3 aromatic rings. The molecule has 10 heteroatoms. The van der Waals surface area contributed by atoms with Crippen molar-refractivity contribution in [3.05, 3.63) is 75.4 Å². The van der Waals surface area contributed by atoms with E-state index >= 15 is 4.39 Å². The van der Waals surface area contributed by atoms with E-state index in [4.69, 9.17) is 39.1 Å². The van der Waals surface area contributed by atoms with Gasteiger partial charge in [0.2, 0.25) is 0 Å². The summed E-state index contributed by atoms with van der Waals surface area (Å²) >= 11 is 12.5. The molecule has 2 aliphatic heterocycles. The van der Waals surface area contributed by atoms with E-state index in [1.165, 1.54) is 50.5 Å². The van der Waals surface area contributed by atoms with E-state index in [9.17, 15) is 0 Å². The fraction of sp³-hybridized carbons (Fsp3) is 0.393. The van der Waals surface area contributed by atoms with Crippen molar-refractivity contribution in [1.82, 2.24) is 14.9 Å². The number of pyridine rings is 2. The smallest absolute Gasteiger partial charge is 0.176 e. The van der Waals surface area contributed by atoms with Gasteiger partial charge < -0.3 is 20.3 Å². The second kappa shape index (κ2) is 10.7. The van der Waals surface area contributed by atoms with Crippen molar-refractivity contribution in [3.63, 3.8) is 0 Å². The summed E-state index contributed by atoms with van der Waals surface area (Å²) in [5.41, 5.74) is 7.35. The van der Waals surface area contributed by atoms with Crippen molar-refractivity contribution >= 4 is 40.4 Å². The van der Waals surface area contributed by atoms with E-state index in [1.54, 1.807) is 19.2 Å². The maximum Gasteiger partial charge on any atom is 0.176 e. The molecule has 0 amide bonds. The third kappa shape index (κ3) is 5.30. The quantitative estimate of drug-likeness (QED) is 0.262. The van der Waals surface area contributed by atoms with Crippen LogP contribution in [-0.4, -0.2) is 53.3 Å². The third-order valence-corrected chi connectivity index (χ3v) is 7.90. The molecule has 0 bridgehead atoms. The second-order valence-electron chi connectivity index (χ2n) is 10.5. The lowest BCUT2D eigenvalue weighted by Crippen LogP contribution is -2.59. The zero-order chi connectivity index (χ0) is 27.0. The van der Waals surface area contributed by atoms with Crippen molar-refractivity contribution in [3.8, 4) is 5.75 Å². The number of nitrogens with one attached hydrogen (secondary N) is 1. The molecule has 4 heterocycles. The molecule has 2 aromatic heterocycles. The summed E-state index contributed by atoms with van der Waals surface area (Å²) in [6, 6.07) is 6.62. The van der Waals surface area contributed by atoms with E-state index < -0.39 is 11.9 Å². The molecule has 0 aliphatic carbocycles. The van der Waals surface area contributed by atoms with Crippen LogP contribution in [0.25, 0.3) is 0 Å². The summed E-state index contributed by atoms with van der Waals surface area (Å²) in [6.07, 6.45) is 6.43. The first-order valence-corrected chi connectivity index (χ1v) is 13.5. The van der Waals surface area contributed by atoms with E-state index in [2.05, 4.69) is 26.7 Å². The molecular weight excluding hydrogens is 526 g/mol. The number of nitrogens with zero attached hydrogens (tertiary/aromatic N) is 4. The van der Waals surface area contributed by atoms with Crippen molar-refractivity contribution < 1.29 is 9.13 Å². The Morgan fingerprint density at radius 1 is 1.13 bits per heavy atom. The minimum atomic E-state index is -0.729. The molecule has 0 spiro atoms. The van der Waals surface area contributed by atoms with Gasteiger partial charge in [0.15, 0.2) is 11.6 Å². The van der Waals surface area contributed by atoms with Crippen LogP contribution in [0.1, 0.15) is 49.5 Å². The van der Waals surface area contributed by atoms with Gasteiger partial charge in [-0.1, -0.05) is 30.1 Å². The Balaban J connectivity index is 1.29. The lowest BCUT2D eigenvalue weighted by Gasteiger charge is -2.50. The lowest BCUT2D eigenvalue weighted by molar-refractivity contribution is 0.151. The first-order chi connectivity index (χ1) is 18.1. The zero-order valence-corrected chi connectivity index (χ0v) is 23.0. The van der Waals surface area contributed by atoms with E-state index in [0.29, 0.717) is 21.2 Å². The van der Waals surface area contributed by atoms with Gasteiger partial charge in [-0.25, -0.2) is 9.37 Å². The van der Waals surface area contributed by atoms with Crippen LogP contribution in [0.2, 0.25) is 10.0 Å². The number of halogens is 3. The summed E-state index contributed by atoms with van der Waals surface area (Å²) in [5.74, 6) is 0.0661. The topological polar surface area (TPSA) is 91.4 Å². The summed E-state index contributed by atoms with van der Waals surface area (Å²) < 4.78 is 21.5. The van der Waals surface area contributed by atoms with Crippen molar-refractivity contribution in [2.45, 2.75) is 32.8 Å². The summed E-state index contributed by atoms with van der Waals surface area (Å²) in [5, 5.41) is 9.34. The number of benzene rings is 1. The fourth-order valence-electron chi connectivity index (χ4n) is 5.46. The van der Waals surface area contributed by atoms with E-state index in [1.807, 2.05) is 6.07 Å². The highest BCUT2D eigenvalue weighted by molar-refractivity contribution is 6.35. The maximum absolute atomic E-state index is 15.6. The van der Waals surface area contributed by atoms with Crippen LogP contribution < -0.4 is 15.4 Å². The highest BCUT2D eigenvalue weighted by atomic mass is 35.5. The highest BCUT2D eigenvalue weighted by Gasteiger charge is 2.41. The Morgan fingerprint density at radius 3 is 2.45 bits per heavy atom. The average molecular weight is 558 g/mol. The van der Waals surface area contributed by atoms with Gasteiger partial charge in [0.1, 0.15) is 11.9 Å². The number of rotatable bonds is 8. The number of likely N-dealkylation sites (tertiary alicyclic amines) is 1. The van der Waals surface area contributed by atoms with Crippen molar-refractivity contribution in [1.29, 1.82) is 5.41 Å². The third-order valence-electron chi connectivity index (χ3n) is 7.30. The Bertz CT molecular complexity index is 1320. The number of nitrogens with two attached hydrogens (primary N) is 1. The molecule has 200 valence electrons. The average Bonchev–Trinajstić information content (AvgIpc) is 3.37. The van der Waals surface area contributed by atoms with Crippen LogP contribution in [0.3, 0.4) is 0 Å². The number of hydrogen-bond donors (Lipinski definition) is 2. The summed E-state index contributed by atoms with van der Waals surface area (Å²) in [7, 11) is 0. The fourth-order valence-corrected chi connectivity index (χ4v) is 6.13. The predicted octanol–water partition coefficient (Wildman–Crippen LogP) is 5.98. The van der Waals surface area contributed by atoms with Crippen LogP contribution in [0, 0.1) is 16.6 Å². The Hall–Kier alpha value is -2.94. The molecule has 1 aromatic carbocycles. The number of aromatic nitrogens is 2. The van der Waals surface area contributed by atoms with E-state index in [-0.39, 0.29) is 28.1 Å². The number of ether oxygens (including phenoxy) is 1. The predicted molar refractivity (Wildman–Crippen MR) is 150 cm³/mol. The van der Waals surface area contributed by atoms with Gasteiger partial charge in [0, 0.05) is 60.5 Å². The lowest BCUT2D eigenvalue weighted by atomic mass is 9.81. The molecule has 2 saturated heterocycles. The van der Waals surface area contributed by atoms with Crippen molar-refractivity contribution in [2.75, 3.05) is 43.4 Å². The molecule has 0 radical (unpaired) electrons. The second-order valence-corrected chi connectivity index (χ2v) is 11.4. The van der Waals surface area contributed by atoms with E-state index in [0.717, 1.165) is 25.5 Å². The Kier molecular flexibility index (Phi) is 7.49. The molecule has 5 rings (SSSR count). The molecule has 0 unspecified atom stereocenters. The SMILES string of the molecule is C[C@@H](Oc1ccc(N)c(C(=N)c2ccc(N3CC(C)(CN4CCCC4)C3)nc2)c1F)c1c(Cl)cncc1Cl. The van der Waals surface area contributed by atoms with Gasteiger partial charge in [-0.3, -0.25) is 10.4 Å².